The van der Waals surface area contributed by atoms with Crippen molar-refractivity contribution in [3.05, 3.63) is 64.0 Å². The zero-order valence-corrected chi connectivity index (χ0v) is 13.5. The van der Waals surface area contributed by atoms with Crippen LogP contribution in [-0.4, -0.2) is 13.8 Å². The lowest BCUT2D eigenvalue weighted by Crippen LogP contribution is -2.35. The summed E-state index contributed by atoms with van der Waals surface area (Å²) in [4.78, 5) is 14.4. The van der Waals surface area contributed by atoms with Crippen molar-refractivity contribution in [3.63, 3.8) is 0 Å². The molecule has 0 saturated heterocycles. The SMILES string of the molecule is COc1ccccc1N1COc2c(c(=O)oc3cc(C)ccc23)C1. The van der Waals surface area contributed by atoms with Gasteiger partial charge in [0.05, 0.1) is 30.3 Å². The number of fused-ring (bicyclic) bond motifs is 3. The molecule has 4 rings (SSSR count). The second-order valence-corrected chi connectivity index (χ2v) is 5.84. The first-order valence-corrected chi connectivity index (χ1v) is 7.74. The monoisotopic (exact) mass is 323 g/mol. The molecule has 0 saturated carbocycles. The normalized spacial score (nSPS) is 13.5. The van der Waals surface area contributed by atoms with Crippen LogP contribution in [0.1, 0.15) is 11.1 Å². The average molecular weight is 323 g/mol. The van der Waals surface area contributed by atoms with E-state index in [2.05, 4.69) is 0 Å². The van der Waals surface area contributed by atoms with E-state index in [0.717, 1.165) is 22.4 Å². The van der Waals surface area contributed by atoms with Crippen LogP contribution in [0.2, 0.25) is 0 Å². The summed E-state index contributed by atoms with van der Waals surface area (Å²) in [6.07, 6.45) is 0. The van der Waals surface area contributed by atoms with E-state index in [-0.39, 0.29) is 5.63 Å². The minimum atomic E-state index is -0.359. The molecule has 5 nitrogen and oxygen atoms in total. The number of hydrogen-bond acceptors (Lipinski definition) is 5. The fourth-order valence-corrected chi connectivity index (χ4v) is 3.04. The topological polar surface area (TPSA) is 51.9 Å². The molecule has 1 aliphatic heterocycles. The first-order chi connectivity index (χ1) is 11.7. The Bertz CT molecular complexity index is 977. The highest BCUT2D eigenvalue weighted by molar-refractivity contribution is 5.85. The van der Waals surface area contributed by atoms with E-state index in [0.29, 0.717) is 30.2 Å². The van der Waals surface area contributed by atoms with Gasteiger partial charge in [0.2, 0.25) is 0 Å². The number of ether oxygens (including phenoxy) is 2. The van der Waals surface area contributed by atoms with Gasteiger partial charge in [0.25, 0.3) is 0 Å². The molecular formula is C19H17NO4. The Morgan fingerprint density at radius 3 is 2.83 bits per heavy atom. The van der Waals surface area contributed by atoms with Gasteiger partial charge in [-0.1, -0.05) is 18.2 Å². The van der Waals surface area contributed by atoms with Crippen LogP contribution < -0.4 is 20.0 Å². The van der Waals surface area contributed by atoms with E-state index in [4.69, 9.17) is 13.9 Å². The van der Waals surface area contributed by atoms with E-state index < -0.39 is 0 Å². The van der Waals surface area contributed by atoms with E-state index in [1.54, 1.807) is 7.11 Å². The maximum atomic E-state index is 12.4. The molecule has 0 unspecified atom stereocenters. The van der Waals surface area contributed by atoms with Crippen molar-refractivity contribution in [2.24, 2.45) is 0 Å². The van der Waals surface area contributed by atoms with E-state index >= 15 is 0 Å². The molecule has 1 aliphatic rings. The molecule has 0 atom stereocenters. The van der Waals surface area contributed by atoms with E-state index in [1.165, 1.54) is 0 Å². The van der Waals surface area contributed by atoms with Crippen LogP contribution in [0, 0.1) is 6.92 Å². The Kier molecular flexibility index (Phi) is 3.41. The number of nitrogens with zero attached hydrogens (tertiary/aromatic N) is 1. The predicted molar refractivity (Wildman–Crippen MR) is 91.9 cm³/mol. The first-order valence-electron chi connectivity index (χ1n) is 7.74. The fourth-order valence-electron chi connectivity index (χ4n) is 3.04. The van der Waals surface area contributed by atoms with Crippen molar-refractivity contribution in [2.45, 2.75) is 13.5 Å². The summed E-state index contributed by atoms with van der Waals surface area (Å²) >= 11 is 0. The quantitative estimate of drug-likeness (QED) is 0.676. The maximum absolute atomic E-state index is 12.4. The molecule has 0 bridgehead atoms. The predicted octanol–water partition coefficient (Wildman–Crippen LogP) is 3.47. The van der Waals surface area contributed by atoms with Crippen molar-refractivity contribution in [3.8, 4) is 11.5 Å². The summed E-state index contributed by atoms with van der Waals surface area (Å²) < 4.78 is 16.8. The van der Waals surface area contributed by atoms with Gasteiger partial charge < -0.3 is 18.8 Å². The van der Waals surface area contributed by atoms with Crippen LogP contribution in [0.25, 0.3) is 11.0 Å². The van der Waals surface area contributed by atoms with Gasteiger partial charge in [0.1, 0.15) is 17.1 Å². The highest BCUT2D eigenvalue weighted by atomic mass is 16.5. The summed E-state index contributed by atoms with van der Waals surface area (Å²) in [5.41, 5.74) is 2.65. The maximum Gasteiger partial charge on any atom is 0.345 e. The smallest absolute Gasteiger partial charge is 0.345 e. The lowest BCUT2D eigenvalue weighted by Gasteiger charge is -2.31. The Balaban J connectivity index is 1.81. The van der Waals surface area contributed by atoms with E-state index in [9.17, 15) is 4.79 Å². The van der Waals surface area contributed by atoms with Crippen molar-refractivity contribution >= 4 is 16.7 Å². The van der Waals surface area contributed by atoms with Gasteiger partial charge in [-0.3, -0.25) is 0 Å². The number of anilines is 1. The molecule has 0 N–H and O–H groups in total. The highest BCUT2D eigenvalue weighted by Crippen LogP contribution is 2.36. The second kappa shape index (κ2) is 5.60. The van der Waals surface area contributed by atoms with Crippen molar-refractivity contribution in [1.29, 1.82) is 0 Å². The van der Waals surface area contributed by atoms with Crippen molar-refractivity contribution in [1.82, 2.24) is 0 Å². The molecule has 0 fully saturated rings. The highest BCUT2D eigenvalue weighted by Gasteiger charge is 2.25. The van der Waals surface area contributed by atoms with Gasteiger partial charge in [0, 0.05) is 0 Å². The zero-order valence-electron chi connectivity index (χ0n) is 13.5. The molecule has 3 aromatic rings. The molecule has 24 heavy (non-hydrogen) atoms. The van der Waals surface area contributed by atoms with Crippen molar-refractivity contribution < 1.29 is 13.9 Å². The molecule has 2 aromatic carbocycles. The minimum Gasteiger partial charge on any atom is -0.495 e. The third-order valence-corrected chi connectivity index (χ3v) is 4.24. The van der Waals surface area contributed by atoms with Gasteiger partial charge in [-0.25, -0.2) is 4.79 Å². The third kappa shape index (κ3) is 2.29. The molecule has 0 spiro atoms. The van der Waals surface area contributed by atoms with Gasteiger partial charge in [-0.05, 0) is 36.8 Å². The van der Waals surface area contributed by atoms with Gasteiger partial charge in [0.15, 0.2) is 6.73 Å². The van der Waals surface area contributed by atoms with Crippen LogP contribution in [0.5, 0.6) is 11.5 Å². The van der Waals surface area contributed by atoms with Gasteiger partial charge in [-0.2, -0.15) is 0 Å². The summed E-state index contributed by atoms with van der Waals surface area (Å²) in [6.45, 7) is 2.73. The lowest BCUT2D eigenvalue weighted by atomic mass is 10.1. The molecule has 2 heterocycles. The molecule has 0 aliphatic carbocycles. The second-order valence-electron chi connectivity index (χ2n) is 5.84. The van der Waals surface area contributed by atoms with Gasteiger partial charge >= 0.3 is 5.63 Å². The van der Waals surface area contributed by atoms with E-state index in [1.807, 2.05) is 54.3 Å². The van der Waals surface area contributed by atoms with Crippen LogP contribution in [-0.2, 0) is 6.54 Å². The molecule has 5 heteroatoms. The fraction of sp³-hybridized carbons (Fsp3) is 0.211. The van der Waals surface area contributed by atoms with Gasteiger partial charge in [-0.15, -0.1) is 0 Å². The molecule has 0 amide bonds. The number of methoxy groups -OCH3 is 1. The summed E-state index contributed by atoms with van der Waals surface area (Å²) in [5, 5.41) is 0.829. The number of para-hydroxylation sites is 2. The number of hydrogen-bond donors (Lipinski definition) is 0. The number of rotatable bonds is 2. The Labute approximate surface area is 139 Å². The number of aryl methyl sites for hydroxylation is 1. The lowest BCUT2D eigenvalue weighted by molar-refractivity contribution is 0.285. The molecule has 0 radical (unpaired) electrons. The Morgan fingerprint density at radius 2 is 2.00 bits per heavy atom. The number of benzene rings is 2. The zero-order chi connectivity index (χ0) is 16.7. The van der Waals surface area contributed by atoms with Crippen LogP contribution in [0.15, 0.2) is 51.7 Å². The molecule has 1 aromatic heterocycles. The standard InChI is InChI=1S/C19H17NO4/c1-12-7-8-13-17(9-12)24-19(21)14-10-20(11-23-18(13)14)15-5-3-4-6-16(15)22-2/h3-9H,10-11H2,1-2H3. The summed E-state index contributed by atoms with van der Waals surface area (Å²) in [7, 11) is 1.63. The van der Waals surface area contributed by atoms with Crippen molar-refractivity contribution in [2.75, 3.05) is 18.7 Å². The Hall–Kier alpha value is -2.95. The molecule has 122 valence electrons. The first kappa shape index (κ1) is 14.6. The summed E-state index contributed by atoms with van der Waals surface area (Å²) in [5.74, 6) is 1.36. The van der Waals surface area contributed by atoms with Crippen LogP contribution in [0.4, 0.5) is 5.69 Å². The van der Waals surface area contributed by atoms with Crippen LogP contribution >= 0.6 is 0 Å². The Morgan fingerprint density at radius 1 is 1.17 bits per heavy atom. The van der Waals surface area contributed by atoms with Crippen LogP contribution in [0.3, 0.4) is 0 Å². The summed E-state index contributed by atoms with van der Waals surface area (Å²) in [6, 6.07) is 13.4. The average Bonchev–Trinajstić information content (AvgIpc) is 2.61. The minimum absolute atomic E-state index is 0.347. The third-order valence-electron chi connectivity index (χ3n) is 4.24. The molecular weight excluding hydrogens is 306 g/mol. The largest absolute Gasteiger partial charge is 0.495 e.